The first-order chi connectivity index (χ1) is 7.72. The van der Waals surface area contributed by atoms with E-state index in [4.69, 9.17) is 4.74 Å². The fourth-order valence-corrected chi connectivity index (χ4v) is 1.87. The van der Waals surface area contributed by atoms with Gasteiger partial charge >= 0.3 is 0 Å². The van der Waals surface area contributed by atoms with Gasteiger partial charge in [-0.25, -0.2) is 0 Å². The van der Waals surface area contributed by atoms with Gasteiger partial charge in [-0.05, 0) is 44.7 Å². The molecule has 0 heterocycles. The molecule has 1 aliphatic rings. The van der Waals surface area contributed by atoms with Crippen molar-refractivity contribution in [3.8, 4) is 5.75 Å². The number of hydrogen-bond acceptors (Lipinski definition) is 2. The Morgan fingerprint density at radius 3 is 2.69 bits per heavy atom. The van der Waals surface area contributed by atoms with Gasteiger partial charge < -0.3 is 10.1 Å². The molecule has 2 nitrogen and oxygen atoms in total. The lowest BCUT2D eigenvalue weighted by molar-refractivity contribution is 0.333. The number of aryl methyl sites for hydroxylation is 1. The van der Waals surface area contributed by atoms with Crippen LogP contribution in [0.1, 0.15) is 36.5 Å². The lowest BCUT2D eigenvalue weighted by atomic mass is 10.0. The first-order valence-electron chi connectivity index (χ1n) is 6.17. The highest BCUT2D eigenvalue weighted by Gasteiger charge is 2.21. The standard InChI is InChI=1S/C14H21NO/c1-4-16-14-11(3)10(2)5-6-12(14)9-15-13-7-8-13/h5-6,13,15H,4,7-9H2,1-3H3. The molecule has 0 unspecified atom stereocenters. The molecule has 0 aromatic heterocycles. The molecule has 1 aromatic carbocycles. The quantitative estimate of drug-likeness (QED) is 0.822. The molecule has 1 aliphatic carbocycles. The first kappa shape index (κ1) is 11.5. The van der Waals surface area contributed by atoms with Crippen molar-refractivity contribution >= 4 is 0 Å². The molecule has 16 heavy (non-hydrogen) atoms. The summed E-state index contributed by atoms with van der Waals surface area (Å²) < 4.78 is 5.76. The van der Waals surface area contributed by atoms with Gasteiger partial charge in [-0.3, -0.25) is 0 Å². The Morgan fingerprint density at radius 2 is 2.06 bits per heavy atom. The van der Waals surface area contributed by atoms with Crippen molar-refractivity contribution in [2.45, 2.75) is 46.2 Å². The van der Waals surface area contributed by atoms with E-state index >= 15 is 0 Å². The maximum Gasteiger partial charge on any atom is 0.126 e. The van der Waals surface area contributed by atoms with Crippen molar-refractivity contribution in [3.05, 3.63) is 28.8 Å². The second-order valence-corrected chi connectivity index (χ2v) is 4.58. The van der Waals surface area contributed by atoms with Crippen molar-refractivity contribution in [2.75, 3.05) is 6.61 Å². The number of nitrogens with one attached hydrogen (secondary N) is 1. The van der Waals surface area contributed by atoms with E-state index in [-0.39, 0.29) is 0 Å². The second kappa shape index (κ2) is 4.88. The summed E-state index contributed by atoms with van der Waals surface area (Å²) in [5.41, 5.74) is 3.87. The Hall–Kier alpha value is -1.02. The van der Waals surface area contributed by atoms with Crippen LogP contribution in [0, 0.1) is 13.8 Å². The van der Waals surface area contributed by atoms with Gasteiger partial charge in [0.2, 0.25) is 0 Å². The molecule has 0 spiro atoms. The van der Waals surface area contributed by atoms with Crippen molar-refractivity contribution < 1.29 is 4.74 Å². The van der Waals surface area contributed by atoms with Gasteiger partial charge in [0.25, 0.3) is 0 Å². The maximum atomic E-state index is 5.76. The molecule has 0 atom stereocenters. The number of rotatable bonds is 5. The second-order valence-electron chi connectivity index (χ2n) is 4.58. The van der Waals surface area contributed by atoms with Crippen LogP contribution in [-0.4, -0.2) is 12.6 Å². The Labute approximate surface area is 98.0 Å². The Morgan fingerprint density at radius 1 is 1.31 bits per heavy atom. The van der Waals surface area contributed by atoms with Crippen LogP contribution in [0.2, 0.25) is 0 Å². The molecular weight excluding hydrogens is 198 g/mol. The summed E-state index contributed by atoms with van der Waals surface area (Å²) in [4.78, 5) is 0. The minimum absolute atomic E-state index is 0.737. The zero-order chi connectivity index (χ0) is 11.5. The summed E-state index contributed by atoms with van der Waals surface area (Å²) in [6.07, 6.45) is 2.66. The summed E-state index contributed by atoms with van der Waals surface area (Å²) in [7, 11) is 0. The topological polar surface area (TPSA) is 21.3 Å². The molecule has 0 amide bonds. The van der Waals surface area contributed by atoms with Gasteiger partial charge in [0.05, 0.1) is 6.61 Å². The molecule has 1 saturated carbocycles. The van der Waals surface area contributed by atoms with Crippen LogP contribution in [0.3, 0.4) is 0 Å². The molecule has 0 radical (unpaired) electrons. The number of ether oxygens (including phenoxy) is 1. The average Bonchev–Trinajstić information content (AvgIpc) is 3.08. The molecule has 88 valence electrons. The molecule has 2 rings (SSSR count). The summed E-state index contributed by atoms with van der Waals surface area (Å²) in [6.45, 7) is 7.98. The van der Waals surface area contributed by atoms with E-state index < -0.39 is 0 Å². The minimum atomic E-state index is 0.737. The van der Waals surface area contributed by atoms with E-state index in [2.05, 4.69) is 31.3 Å². The molecule has 1 fully saturated rings. The third kappa shape index (κ3) is 2.56. The van der Waals surface area contributed by atoms with E-state index in [9.17, 15) is 0 Å². The normalized spacial score (nSPS) is 15.2. The zero-order valence-electron chi connectivity index (χ0n) is 10.5. The fourth-order valence-electron chi connectivity index (χ4n) is 1.87. The van der Waals surface area contributed by atoms with Crippen molar-refractivity contribution in [1.82, 2.24) is 5.32 Å². The zero-order valence-corrected chi connectivity index (χ0v) is 10.5. The molecule has 1 aromatic rings. The van der Waals surface area contributed by atoms with Crippen LogP contribution in [0.15, 0.2) is 12.1 Å². The SMILES string of the molecule is CCOc1c(CNC2CC2)ccc(C)c1C. The monoisotopic (exact) mass is 219 g/mol. The molecule has 0 bridgehead atoms. The van der Waals surface area contributed by atoms with E-state index in [1.54, 1.807) is 0 Å². The van der Waals surface area contributed by atoms with Crippen LogP contribution in [0.25, 0.3) is 0 Å². The Balaban J connectivity index is 2.16. The highest BCUT2D eigenvalue weighted by Crippen LogP contribution is 2.27. The van der Waals surface area contributed by atoms with E-state index in [1.807, 2.05) is 6.92 Å². The van der Waals surface area contributed by atoms with Gasteiger partial charge in [0, 0.05) is 18.2 Å². The fraction of sp³-hybridized carbons (Fsp3) is 0.571. The van der Waals surface area contributed by atoms with Crippen molar-refractivity contribution in [1.29, 1.82) is 0 Å². The number of benzene rings is 1. The Kier molecular flexibility index (Phi) is 3.49. The third-order valence-electron chi connectivity index (χ3n) is 3.21. The van der Waals surface area contributed by atoms with Gasteiger partial charge in [0.15, 0.2) is 0 Å². The summed E-state index contributed by atoms with van der Waals surface area (Å²) in [5, 5.41) is 3.54. The maximum absolute atomic E-state index is 5.76. The van der Waals surface area contributed by atoms with Gasteiger partial charge in [-0.1, -0.05) is 12.1 Å². The Bertz CT molecular complexity index is 369. The van der Waals surface area contributed by atoms with Crippen LogP contribution in [-0.2, 0) is 6.54 Å². The highest BCUT2D eigenvalue weighted by atomic mass is 16.5. The van der Waals surface area contributed by atoms with Gasteiger partial charge in [-0.15, -0.1) is 0 Å². The van der Waals surface area contributed by atoms with Crippen LogP contribution < -0.4 is 10.1 Å². The molecular formula is C14H21NO. The van der Waals surface area contributed by atoms with Crippen molar-refractivity contribution in [3.63, 3.8) is 0 Å². The largest absolute Gasteiger partial charge is 0.493 e. The number of hydrogen-bond donors (Lipinski definition) is 1. The predicted octanol–water partition coefficient (Wildman–Crippen LogP) is 2.95. The average molecular weight is 219 g/mol. The summed E-state index contributed by atoms with van der Waals surface area (Å²) >= 11 is 0. The smallest absolute Gasteiger partial charge is 0.126 e. The van der Waals surface area contributed by atoms with E-state index in [1.165, 1.54) is 29.5 Å². The minimum Gasteiger partial charge on any atom is -0.493 e. The summed E-state index contributed by atoms with van der Waals surface area (Å²) in [6, 6.07) is 5.11. The van der Waals surface area contributed by atoms with Crippen LogP contribution in [0.4, 0.5) is 0 Å². The first-order valence-corrected chi connectivity index (χ1v) is 6.17. The van der Waals surface area contributed by atoms with E-state index in [0.29, 0.717) is 0 Å². The van der Waals surface area contributed by atoms with Gasteiger partial charge in [0.1, 0.15) is 5.75 Å². The van der Waals surface area contributed by atoms with E-state index in [0.717, 1.165) is 24.9 Å². The van der Waals surface area contributed by atoms with Crippen LogP contribution in [0.5, 0.6) is 5.75 Å². The molecule has 0 aliphatic heterocycles. The molecule has 0 saturated heterocycles. The third-order valence-corrected chi connectivity index (χ3v) is 3.21. The lowest BCUT2D eigenvalue weighted by Crippen LogP contribution is -2.16. The molecule has 1 N–H and O–H groups in total. The van der Waals surface area contributed by atoms with Crippen LogP contribution >= 0.6 is 0 Å². The lowest BCUT2D eigenvalue weighted by Gasteiger charge is -2.15. The highest BCUT2D eigenvalue weighted by molar-refractivity contribution is 5.45. The predicted molar refractivity (Wildman–Crippen MR) is 66.9 cm³/mol. The summed E-state index contributed by atoms with van der Waals surface area (Å²) in [5.74, 6) is 1.08. The van der Waals surface area contributed by atoms with Crippen molar-refractivity contribution in [2.24, 2.45) is 0 Å². The molecule has 2 heteroatoms. The van der Waals surface area contributed by atoms with Gasteiger partial charge in [-0.2, -0.15) is 0 Å².